The summed E-state index contributed by atoms with van der Waals surface area (Å²) in [5, 5.41) is 0. The summed E-state index contributed by atoms with van der Waals surface area (Å²) in [4.78, 5) is 0. The van der Waals surface area contributed by atoms with Crippen molar-refractivity contribution in [2.75, 3.05) is 0 Å². The third-order valence-electron chi connectivity index (χ3n) is 1.22. The Labute approximate surface area is 92.4 Å². The summed E-state index contributed by atoms with van der Waals surface area (Å²) in [5.74, 6) is 0. The summed E-state index contributed by atoms with van der Waals surface area (Å²) in [6.45, 7) is 0. The van der Waals surface area contributed by atoms with Crippen molar-refractivity contribution >= 4 is 20.9 Å². The van der Waals surface area contributed by atoms with Crippen molar-refractivity contribution < 1.29 is 17.1 Å². The van der Waals surface area contributed by atoms with Gasteiger partial charge < -0.3 is 0 Å². The van der Waals surface area contributed by atoms with Gasteiger partial charge in [-0.25, -0.2) is 12.1 Å². The molecule has 0 bridgehead atoms. The summed E-state index contributed by atoms with van der Waals surface area (Å²) in [5.41, 5.74) is 0. The second-order valence-corrected chi connectivity index (χ2v) is 3.35. The van der Waals surface area contributed by atoms with Gasteiger partial charge in [0.25, 0.3) is 0 Å². The quantitative estimate of drug-likeness (QED) is 0.497. The van der Waals surface area contributed by atoms with Gasteiger partial charge >= 0.3 is 62.2 Å². The van der Waals surface area contributed by atoms with Gasteiger partial charge in [0.15, 0.2) is 0 Å². The average Bonchev–Trinajstić information content (AvgIpc) is 2.57. The fourth-order valence-electron chi connectivity index (χ4n) is 0.695. The van der Waals surface area contributed by atoms with Gasteiger partial charge in [-0.05, 0) is 0 Å². The summed E-state index contributed by atoms with van der Waals surface area (Å²) in [6.07, 6.45) is 0. The minimum Gasteiger partial charge on any atom is -0.214 e. The van der Waals surface area contributed by atoms with Gasteiger partial charge in [-0.2, -0.15) is 18.2 Å². The monoisotopic (exact) mass is 259 g/mol. The fraction of sp³-hybridized carbons (Fsp3) is 0. The van der Waals surface area contributed by atoms with Crippen LogP contribution in [0.15, 0.2) is 54.6 Å². The van der Waals surface area contributed by atoms with Crippen LogP contribution in [0.4, 0.5) is 0 Å². The molecule has 0 saturated heterocycles. The molecule has 0 atom stereocenters. The Balaban J connectivity index is 0.000000189. The van der Waals surface area contributed by atoms with Gasteiger partial charge in [0, 0.05) is 0 Å². The van der Waals surface area contributed by atoms with Gasteiger partial charge in [-0.15, -0.1) is 0 Å². The molecule has 0 spiro atoms. The summed E-state index contributed by atoms with van der Waals surface area (Å²) < 4.78 is 1.34. The molecule has 0 saturated carbocycles. The third-order valence-corrected chi connectivity index (χ3v) is 1.92. The zero-order valence-electron chi connectivity index (χ0n) is 6.55. The molecular weight excluding hydrogens is 249 g/mol. The normalized spacial score (nSPS) is 7.75. The van der Waals surface area contributed by atoms with Crippen LogP contribution in [0.25, 0.3) is 0 Å². The van der Waals surface area contributed by atoms with Crippen LogP contribution in [0.1, 0.15) is 0 Å². The van der Waals surface area contributed by atoms with Crippen molar-refractivity contribution in [2.24, 2.45) is 0 Å². The Morgan fingerprint density at radius 1 is 0.917 bits per heavy atom. The van der Waals surface area contributed by atoms with Crippen LogP contribution in [-0.2, 0) is 17.1 Å². The van der Waals surface area contributed by atoms with E-state index < -0.39 is 0 Å². The Hall–Kier alpha value is -0.238. The molecule has 2 aromatic carbocycles. The Bertz CT molecular complexity index is 228. The minimum absolute atomic E-state index is 0. The molecule has 0 aliphatic carbocycles. The van der Waals surface area contributed by atoms with E-state index in [2.05, 4.69) is 28.6 Å². The Morgan fingerprint density at radius 2 is 1.42 bits per heavy atom. The molecule has 0 amide bonds. The molecule has 0 aromatic heterocycles. The molecule has 0 N–H and O–H groups in total. The molecule has 61 valence electrons. The topological polar surface area (TPSA) is 0 Å². The number of rotatable bonds is 0. The van der Waals surface area contributed by atoms with E-state index in [1.54, 1.807) is 0 Å². The maximum Gasteiger partial charge on any atom is -0.172 e. The second kappa shape index (κ2) is 7.41. The van der Waals surface area contributed by atoms with Crippen molar-refractivity contribution in [3.8, 4) is 0 Å². The third kappa shape index (κ3) is 5.42. The van der Waals surface area contributed by atoms with Crippen LogP contribution in [0.5, 0.6) is 0 Å². The molecular formula is C10H9FeGe. The van der Waals surface area contributed by atoms with Gasteiger partial charge in [0.1, 0.15) is 0 Å². The van der Waals surface area contributed by atoms with Gasteiger partial charge in [-0.3, -0.25) is 0 Å². The van der Waals surface area contributed by atoms with E-state index >= 15 is 0 Å². The zero-order valence-corrected chi connectivity index (χ0v) is 9.75. The van der Waals surface area contributed by atoms with Crippen LogP contribution < -0.4 is 4.40 Å². The van der Waals surface area contributed by atoms with Crippen LogP contribution >= 0.6 is 0 Å². The van der Waals surface area contributed by atoms with Crippen LogP contribution in [0, 0.1) is 0 Å². The zero-order chi connectivity index (χ0) is 7.94. The van der Waals surface area contributed by atoms with Crippen LogP contribution in [0.3, 0.4) is 0 Å². The first-order valence-electron chi connectivity index (χ1n) is 3.49. The molecule has 0 nitrogen and oxygen atoms in total. The smallest absolute Gasteiger partial charge is 0.172 e. The Kier molecular flexibility index (Phi) is 7.27. The van der Waals surface area contributed by atoms with E-state index in [-0.39, 0.29) is 17.1 Å². The summed E-state index contributed by atoms with van der Waals surface area (Å²) in [7, 11) is 0. The molecule has 2 heteroatoms. The molecule has 0 aliphatic rings. The molecule has 0 aliphatic heterocycles. The predicted octanol–water partition coefficient (Wildman–Crippen LogP) is 1.60. The van der Waals surface area contributed by atoms with Crippen molar-refractivity contribution in [3.05, 3.63) is 54.6 Å². The minimum atomic E-state index is 0. The second-order valence-electron chi connectivity index (χ2n) is 2.14. The van der Waals surface area contributed by atoms with Crippen molar-refractivity contribution in [2.45, 2.75) is 0 Å². The van der Waals surface area contributed by atoms with E-state index in [9.17, 15) is 0 Å². The first kappa shape index (κ1) is 11.8. The van der Waals surface area contributed by atoms with Gasteiger partial charge in [-0.1, -0.05) is 0 Å². The maximum absolute atomic E-state index is 2.08. The summed E-state index contributed by atoms with van der Waals surface area (Å²) in [6, 6.07) is 18.2. The van der Waals surface area contributed by atoms with E-state index in [0.717, 1.165) is 0 Å². The van der Waals surface area contributed by atoms with Gasteiger partial charge in [0.2, 0.25) is 0 Å². The maximum atomic E-state index is 2.08. The molecule has 0 fully saturated rings. The number of hydrogen-bond donors (Lipinski definition) is 0. The van der Waals surface area contributed by atoms with Crippen molar-refractivity contribution in [3.63, 3.8) is 0 Å². The average molecular weight is 258 g/mol. The Morgan fingerprint density at radius 3 is 1.58 bits per heavy atom. The number of hydrogen-bond acceptors (Lipinski definition) is 0. The molecule has 2 rings (SSSR count). The summed E-state index contributed by atoms with van der Waals surface area (Å²) >= 11 is 2.08. The van der Waals surface area contributed by atoms with E-state index in [0.29, 0.717) is 0 Å². The van der Waals surface area contributed by atoms with Gasteiger partial charge in [0.05, 0.1) is 0 Å². The predicted molar refractivity (Wildman–Crippen MR) is 49.5 cm³/mol. The van der Waals surface area contributed by atoms with E-state index in [1.807, 2.05) is 42.5 Å². The first-order chi connectivity index (χ1) is 5.39. The SMILES string of the molecule is [Fe+2].[Ge][c-]1cccc1.c1cc[cH-]c1. The standard InChI is InChI=1S/C5H4Ge.C5H5.Fe/c6-5-3-1-2-4-5;1-2-4-5-3-1;/h1-4H;1-5H;/q2*-1;+2. The molecule has 12 heavy (non-hydrogen) atoms. The molecule has 2 aromatic rings. The van der Waals surface area contributed by atoms with Crippen LogP contribution in [-0.4, -0.2) is 16.5 Å². The van der Waals surface area contributed by atoms with Crippen molar-refractivity contribution in [1.29, 1.82) is 0 Å². The largest absolute Gasteiger partial charge is 0.214 e. The molecule has 0 heterocycles. The fourth-order valence-corrected chi connectivity index (χ4v) is 1.10. The van der Waals surface area contributed by atoms with E-state index in [1.165, 1.54) is 4.40 Å². The first-order valence-corrected chi connectivity index (χ1v) is 4.54. The molecule has 0 unspecified atom stereocenters. The van der Waals surface area contributed by atoms with Crippen LogP contribution in [0.2, 0.25) is 0 Å². The van der Waals surface area contributed by atoms with E-state index in [4.69, 9.17) is 0 Å². The molecule has 3 radical (unpaired) electrons. The van der Waals surface area contributed by atoms with Crippen molar-refractivity contribution in [1.82, 2.24) is 0 Å².